The second kappa shape index (κ2) is 3.47. The number of hydrogen-bond donors (Lipinski definition) is 0. The third-order valence-corrected chi connectivity index (χ3v) is 2.61. The van der Waals surface area contributed by atoms with E-state index in [1.807, 2.05) is 0 Å². The Morgan fingerprint density at radius 3 is 1.86 bits per heavy atom. The molecule has 0 aliphatic heterocycles. The predicted octanol–water partition coefficient (Wildman–Crippen LogP) is 2.15. The largest absolute Gasteiger partial charge is 0.404 e. The maximum atomic E-state index is 11.2. The van der Waals surface area contributed by atoms with Gasteiger partial charge in [0.05, 0.1) is 0 Å². The van der Waals surface area contributed by atoms with Gasteiger partial charge in [0.1, 0.15) is 0 Å². The molecule has 44 valence electrons. The van der Waals surface area contributed by atoms with E-state index in [0.29, 0.717) is 0 Å². The van der Waals surface area contributed by atoms with Crippen molar-refractivity contribution in [3.05, 3.63) is 0 Å². The van der Waals surface area contributed by atoms with Crippen LogP contribution in [0.25, 0.3) is 0 Å². The lowest BCUT2D eigenvalue weighted by Gasteiger charge is -1.99. The predicted molar refractivity (Wildman–Crippen MR) is 29.1 cm³/mol. The van der Waals surface area contributed by atoms with Crippen LogP contribution in [0.15, 0.2) is 0 Å². The Bertz CT molecular complexity index is 45.0. The van der Waals surface area contributed by atoms with E-state index >= 15 is 0 Å². The van der Waals surface area contributed by atoms with Crippen LogP contribution in [0.1, 0.15) is 0 Å². The van der Waals surface area contributed by atoms with Crippen molar-refractivity contribution >= 4 is 17.8 Å². The molecule has 0 fully saturated rings. The monoisotopic (exact) mass is 144 g/mol. The molecule has 0 aromatic carbocycles. The Kier molecular flexibility index (Phi) is 3.70. The molecule has 7 heavy (non-hydrogen) atoms. The molecule has 0 aliphatic carbocycles. The summed E-state index contributed by atoms with van der Waals surface area (Å²) in [6.45, 7) is 3.43. The summed E-state index contributed by atoms with van der Waals surface area (Å²) in [5.41, 5.74) is 0. The lowest BCUT2D eigenvalue weighted by atomic mass is 11.9. The maximum absolute atomic E-state index is 11.2. The molecule has 0 spiro atoms. The second-order valence-electron chi connectivity index (χ2n) is 1.36. The molecule has 0 saturated carbocycles. The van der Waals surface area contributed by atoms with Gasteiger partial charge in [-0.05, 0) is 13.1 Å². The highest BCUT2D eigenvalue weighted by molar-refractivity contribution is 7.42. The summed E-state index contributed by atoms with van der Waals surface area (Å²) >= 11 is 0. The van der Waals surface area contributed by atoms with Crippen molar-refractivity contribution in [2.75, 3.05) is 0 Å². The van der Waals surface area contributed by atoms with E-state index in [4.69, 9.17) is 0 Å². The zero-order chi connectivity index (χ0) is 5.86. The first-order valence-electron chi connectivity index (χ1n) is 1.91. The van der Waals surface area contributed by atoms with Gasteiger partial charge in [-0.15, -0.1) is 0 Å². The van der Waals surface area contributed by atoms with E-state index in [2.05, 4.69) is 4.21 Å². The molecule has 0 radical (unpaired) electrons. The molecule has 0 bridgehead atoms. The van der Waals surface area contributed by atoms with Crippen LogP contribution in [-0.2, 0) is 4.21 Å². The number of halogens is 2. The molecule has 1 nitrogen and oxygen atoms in total. The summed E-state index contributed by atoms with van der Waals surface area (Å²) in [6, 6.07) is 0. The maximum Gasteiger partial charge on any atom is 0.404 e. The zero-order valence-corrected chi connectivity index (χ0v) is 6.24. The van der Waals surface area contributed by atoms with Crippen molar-refractivity contribution in [1.29, 1.82) is 0 Å². The Balaban J connectivity index is 2.95. The summed E-state index contributed by atoms with van der Waals surface area (Å²) in [6.07, 6.45) is 0. The van der Waals surface area contributed by atoms with E-state index in [-0.39, 0.29) is 0 Å². The second-order valence-corrected chi connectivity index (χ2v) is 4.70. The Hall–Kier alpha value is 0.467. The minimum atomic E-state index is -3.08. The average molecular weight is 144 g/mol. The van der Waals surface area contributed by atoms with Crippen LogP contribution in [0.5, 0.6) is 0 Å². The molecule has 0 heterocycles. The standard InChI is InChI=1S/C2H7F2OPSi/c1-7(2)5-6(3)4/h7H,1-2H3. The van der Waals surface area contributed by atoms with Gasteiger partial charge in [0, 0.05) is 0 Å². The van der Waals surface area contributed by atoms with Crippen molar-refractivity contribution in [3.8, 4) is 0 Å². The molecule has 0 saturated heterocycles. The van der Waals surface area contributed by atoms with E-state index in [9.17, 15) is 8.39 Å². The highest BCUT2D eigenvalue weighted by Crippen LogP contribution is 2.40. The quantitative estimate of drug-likeness (QED) is 0.426. The van der Waals surface area contributed by atoms with Crippen LogP contribution in [0.3, 0.4) is 0 Å². The van der Waals surface area contributed by atoms with Gasteiger partial charge in [-0.25, -0.2) is 0 Å². The van der Waals surface area contributed by atoms with E-state index in [1.54, 1.807) is 13.1 Å². The molecule has 0 atom stereocenters. The van der Waals surface area contributed by atoms with Crippen molar-refractivity contribution in [2.24, 2.45) is 0 Å². The van der Waals surface area contributed by atoms with Gasteiger partial charge >= 0.3 is 8.77 Å². The molecular weight excluding hydrogens is 137 g/mol. The van der Waals surface area contributed by atoms with Crippen molar-refractivity contribution in [3.63, 3.8) is 0 Å². The lowest BCUT2D eigenvalue weighted by Crippen LogP contribution is -1.99. The van der Waals surface area contributed by atoms with Crippen LogP contribution in [0, 0.1) is 0 Å². The van der Waals surface area contributed by atoms with Crippen molar-refractivity contribution in [1.82, 2.24) is 0 Å². The zero-order valence-electron chi connectivity index (χ0n) is 4.19. The van der Waals surface area contributed by atoms with Gasteiger partial charge in [0.25, 0.3) is 0 Å². The number of hydrogen-bond acceptors (Lipinski definition) is 1. The summed E-state index contributed by atoms with van der Waals surface area (Å²) in [4.78, 5) is 0. The molecule has 0 unspecified atom stereocenters. The van der Waals surface area contributed by atoms with Gasteiger partial charge in [0.2, 0.25) is 0 Å². The van der Waals surface area contributed by atoms with Crippen molar-refractivity contribution < 1.29 is 12.6 Å². The Labute approximate surface area is 44.5 Å². The summed E-state index contributed by atoms with van der Waals surface area (Å²) < 4.78 is 26.4. The molecular formula is C2H7F2OPSi. The van der Waals surface area contributed by atoms with E-state index < -0.39 is 17.8 Å². The molecule has 0 amide bonds. The SMILES string of the molecule is C[SiH](C)OP(F)F. The highest BCUT2D eigenvalue weighted by atomic mass is 31.2. The van der Waals surface area contributed by atoms with Crippen LogP contribution >= 0.6 is 8.77 Å². The van der Waals surface area contributed by atoms with Gasteiger partial charge < -0.3 is 4.21 Å². The molecule has 0 aliphatic rings. The fourth-order valence-corrected chi connectivity index (χ4v) is 1.43. The normalized spacial score (nSPS) is 11.1. The molecule has 0 aromatic rings. The first-order valence-corrected chi connectivity index (χ1v) is 5.73. The van der Waals surface area contributed by atoms with Crippen LogP contribution in [-0.4, -0.2) is 9.04 Å². The first kappa shape index (κ1) is 7.47. The van der Waals surface area contributed by atoms with Crippen molar-refractivity contribution in [2.45, 2.75) is 13.1 Å². The fraction of sp³-hybridized carbons (Fsp3) is 1.00. The van der Waals surface area contributed by atoms with E-state index in [1.165, 1.54) is 0 Å². The minimum Gasteiger partial charge on any atom is -0.352 e. The third kappa shape index (κ3) is 6.47. The minimum absolute atomic E-state index is 1.45. The summed E-state index contributed by atoms with van der Waals surface area (Å²) in [7, 11) is -4.53. The Morgan fingerprint density at radius 1 is 1.43 bits per heavy atom. The average Bonchev–Trinajstić information content (AvgIpc) is 1.27. The van der Waals surface area contributed by atoms with Gasteiger partial charge in [-0.3, -0.25) is 0 Å². The third-order valence-electron chi connectivity index (χ3n) is 0.291. The summed E-state index contributed by atoms with van der Waals surface area (Å²) in [5, 5.41) is 0. The highest BCUT2D eigenvalue weighted by Gasteiger charge is 2.06. The van der Waals surface area contributed by atoms with E-state index in [0.717, 1.165) is 0 Å². The van der Waals surface area contributed by atoms with Gasteiger partial charge in [-0.2, -0.15) is 8.39 Å². The molecule has 0 N–H and O–H groups in total. The molecule has 0 aromatic heterocycles. The van der Waals surface area contributed by atoms with Gasteiger partial charge in [0.15, 0.2) is 9.04 Å². The van der Waals surface area contributed by atoms with Crippen LogP contribution < -0.4 is 0 Å². The topological polar surface area (TPSA) is 9.23 Å². The van der Waals surface area contributed by atoms with Crippen LogP contribution in [0.4, 0.5) is 8.39 Å². The Morgan fingerprint density at radius 2 is 1.86 bits per heavy atom. The number of rotatable bonds is 2. The smallest absolute Gasteiger partial charge is 0.352 e. The lowest BCUT2D eigenvalue weighted by molar-refractivity contribution is 0.522. The van der Waals surface area contributed by atoms with Crippen LogP contribution in [0.2, 0.25) is 13.1 Å². The van der Waals surface area contributed by atoms with Gasteiger partial charge in [-0.1, -0.05) is 0 Å². The fourth-order valence-electron chi connectivity index (χ4n) is 0.159. The molecule has 5 heteroatoms. The first-order chi connectivity index (χ1) is 3.13. The summed E-state index contributed by atoms with van der Waals surface area (Å²) in [5.74, 6) is 0. The molecule has 0 rings (SSSR count).